The molecule has 0 saturated carbocycles. The summed E-state index contributed by atoms with van der Waals surface area (Å²) in [5, 5.41) is 1.87. The number of thiophene rings is 1. The molecule has 3 nitrogen and oxygen atoms in total. The van der Waals surface area contributed by atoms with Crippen LogP contribution in [0.2, 0.25) is 0 Å². The molecule has 1 saturated heterocycles. The van der Waals surface area contributed by atoms with Crippen molar-refractivity contribution in [2.45, 2.75) is 13.0 Å². The lowest BCUT2D eigenvalue weighted by atomic mass is 10.1. The predicted molar refractivity (Wildman–Crippen MR) is 53.9 cm³/mol. The minimum atomic E-state index is -0.405. The van der Waals surface area contributed by atoms with Crippen LogP contribution in [0.5, 0.6) is 0 Å². The van der Waals surface area contributed by atoms with Gasteiger partial charge in [0.2, 0.25) is 0 Å². The summed E-state index contributed by atoms with van der Waals surface area (Å²) in [5.41, 5.74) is 0.739. The summed E-state index contributed by atoms with van der Waals surface area (Å²) in [4.78, 5) is 13.0. The summed E-state index contributed by atoms with van der Waals surface area (Å²) in [6.45, 7) is 3.47. The molecule has 2 rings (SSSR count). The predicted octanol–water partition coefficient (Wildman–Crippen LogP) is 1.65. The average molecular weight is 212 g/mol. The Morgan fingerprint density at radius 2 is 2.43 bits per heavy atom. The average Bonchev–Trinajstić information content (AvgIpc) is 2.65. The summed E-state index contributed by atoms with van der Waals surface area (Å²) < 4.78 is 10.5. The summed E-state index contributed by atoms with van der Waals surface area (Å²) in [7, 11) is 0. The van der Waals surface area contributed by atoms with E-state index < -0.39 is 6.10 Å². The van der Waals surface area contributed by atoms with Gasteiger partial charge in [-0.25, -0.2) is 0 Å². The fourth-order valence-corrected chi connectivity index (χ4v) is 2.09. The van der Waals surface area contributed by atoms with Gasteiger partial charge in [-0.1, -0.05) is 0 Å². The van der Waals surface area contributed by atoms with E-state index in [1.807, 2.05) is 18.4 Å². The number of carbonyl (C=O) groups excluding carboxylic acids is 1. The number of hydrogen-bond acceptors (Lipinski definition) is 4. The van der Waals surface area contributed by atoms with E-state index >= 15 is 0 Å². The molecular formula is C10H12O3S. The first-order valence-electron chi connectivity index (χ1n) is 4.56. The third-order valence-electron chi connectivity index (χ3n) is 2.12. The van der Waals surface area contributed by atoms with E-state index in [1.165, 1.54) is 0 Å². The van der Waals surface area contributed by atoms with Crippen molar-refractivity contribution in [3.63, 3.8) is 0 Å². The van der Waals surface area contributed by atoms with Crippen LogP contribution < -0.4 is 0 Å². The molecule has 0 radical (unpaired) electrons. The summed E-state index contributed by atoms with van der Waals surface area (Å²) in [6, 6.07) is 1.89. The Labute approximate surface area is 86.6 Å². The molecule has 0 aromatic carbocycles. The molecule has 0 amide bonds. The Morgan fingerprint density at radius 1 is 1.57 bits per heavy atom. The van der Waals surface area contributed by atoms with E-state index in [2.05, 4.69) is 0 Å². The first kappa shape index (κ1) is 9.83. The maximum atomic E-state index is 11.8. The number of Topliss-reactive ketones (excluding diaryl/α,β-unsaturated/α-hetero) is 1. The standard InChI is InChI=1S/C10H12O3S/c1-7-4-8(6-14-7)10(11)9-5-12-2-3-13-9/h4,6,9H,2-3,5H2,1H3. The number of aryl methyl sites for hydroxylation is 1. The first-order chi connectivity index (χ1) is 6.77. The minimum Gasteiger partial charge on any atom is -0.376 e. The number of carbonyl (C=O) groups is 1. The molecule has 1 aliphatic heterocycles. The minimum absolute atomic E-state index is 0.0362. The van der Waals surface area contributed by atoms with Gasteiger partial charge in [0.25, 0.3) is 0 Å². The highest BCUT2D eigenvalue weighted by atomic mass is 32.1. The van der Waals surface area contributed by atoms with Gasteiger partial charge in [-0.3, -0.25) is 4.79 Å². The summed E-state index contributed by atoms with van der Waals surface area (Å²) in [6.07, 6.45) is -0.405. The van der Waals surface area contributed by atoms with Crippen molar-refractivity contribution in [3.8, 4) is 0 Å². The van der Waals surface area contributed by atoms with Crippen LogP contribution in [-0.4, -0.2) is 31.7 Å². The molecule has 2 heterocycles. The van der Waals surface area contributed by atoms with Gasteiger partial charge < -0.3 is 9.47 Å². The molecule has 1 aromatic rings. The molecular weight excluding hydrogens is 200 g/mol. The number of ether oxygens (including phenoxy) is 2. The van der Waals surface area contributed by atoms with Crippen LogP contribution in [0, 0.1) is 6.92 Å². The topological polar surface area (TPSA) is 35.5 Å². The molecule has 14 heavy (non-hydrogen) atoms. The SMILES string of the molecule is Cc1cc(C(=O)C2COCCO2)cs1. The highest BCUT2D eigenvalue weighted by molar-refractivity contribution is 7.10. The van der Waals surface area contributed by atoms with Gasteiger partial charge in [0, 0.05) is 15.8 Å². The van der Waals surface area contributed by atoms with E-state index in [0.717, 1.165) is 10.4 Å². The van der Waals surface area contributed by atoms with Crippen molar-refractivity contribution in [1.82, 2.24) is 0 Å². The Hall–Kier alpha value is -0.710. The molecule has 4 heteroatoms. The first-order valence-corrected chi connectivity index (χ1v) is 5.44. The highest BCUT2D eigenvalue weighted by Crippen LogP contribution is 2.17. The van der Waals surface area contributed by atoms with E-state index in [0.29, 0.717) is 19.8 Å². The third kappa shape index (κ3) is 2.03. The van der Waals surface area contributed by atoms with E-state index in [-0.39, 0.29) is 5.78 Å². The lowest BCUT2D eigenvalue weighted by Crippen LogP contribution is -2.35. The van der Waals surface area contributed by atoms with Crippen molar-refractivity contribution >= 4 is 17.1 Å². The Kier molecular flexibility index (Phi) is 2.96. The zero-order valence-corrected chi connectivity index (χ0v) is 8.80. The zero-order valence-electron chi connectivity index (χ0n) is 7.99. The Balaban J connectivity index is 2.07. The van der Waals surface area contributed by atoms with Gasteiger partial charge >= 0.3 is 0 Å². The number of hydrogen-bond donors (Lipinski definition) is 0. The van der Waals surface area contributed by atoms with Crippen LogP contribution in [0.3, 0.4) is 0 Å². The second kappa shape index (κ2) is 4.21. The van der Waals surface area contributed by atoms with E-state index in [4.69, 9.17) is 9.47 Å². The van der Waals surface area contributed by atoms with Crippen molar-refractivity contribution < 1.29 is 14.3 Å². The normalized spacial score (nSPS) is 22.2. The second-order valence-corrected chi connectivity index (χ2v) is 4.36. The maximum Gasteiger partial charge on any atom is 0.194 e. The van der Waals surface area contributed by atoms with Crippen molar-refractivity contribution in [3.05, 3.63) is 21.9 Å². The largest absolute Gasteiger partial charge is 0.376 e. The fourth-order valence-electron chi connectivity index (χ4n) is 1.40. The molecule has 0 N–H and O–H groups in total. The van der Waals surface area contributed by atoms with Crippen molar-refractivity contribution in [2.24, 2.45) is 0 Å². The van der Waals surface area contributed by atoms with Crippen molar-refractivity contribution in [2.75, 3.05) is 19.8 Å². The second-order valence-electron chi connectivity index (χ2n) is 3.24. The molecule has 1 aliphatic rings. The van der Waals surface area contributed by atoms with Crippen LogP contribution in [0.15, 0.2) is 11.4 Å². The fraction of sp³-hybridized carbons (Fsp3) is 0.500. The number of rotatable bonds is 2. The Bertz CT molecular complexity index is 326. The summed E-state index contributed by atoms with van der Waals surface area (Å²) in [5.74, 6) is 0.0362. The van der Waals surface area contributed by atoms with Crippen LogP contribution in [0.25, 0.3) is 0 Å². The van der Waals surface area contributed by atoms with Crippen LogP contribution in [0.4, 0.5) is 0 Å². The van der Waals surface area contributed by atoms with E-state index in [9.17, 15) is 4.79 Å². The van der Waals surface area contributed by atoms with Gasteiger partial charge in [-0.15, -0.1) is 11.3 Å². The van der Waals surface area contributed by atoms with Crippen molar-refractivity contribution in [1.29, 1.82) is 0 Å². The van der Waals surface area contributed by atoms with Gasteiger partial charge in [0.15, 0.2) is 5.78 Å². The molecule has 1 unspecified atom stereocenters. The number of ketones is 1. The highest BCUT2D eigenvalue weighted by Gasteiger charge is 2.24. The van der Waals surface area contributed by atoms with Gasteiger partial charge in [0.1, 0.15) is 6.10 Å². The molecule has 0 spiro atoms. The lowest BCUT2D eigenvalue weighted by molar-refractivity contribution is -0.0719. The third-order valence-corrected chi connectivity index (χ3v) is 2.98. The lowest BCUT2D eigenvalue weighted by Gasteiger charge is -2.21. The molecule has 1 fully saturated rings. The molecule has 0 aliphatic carbocycles. The monoisotopic (exact) mass is 212 g/mol. The smallest absolute Gasteiger partial charge is 0.194 e. The molecule has 76 valence electrons. The maximum absolute atomic E-state index is 11.8. The van der Waals surface area contributed by atoms with Gasteiger partial charge in [-0.05, 0) is 13.0 Å². The van der Waals surface area contributed by atoms with Crippen LogP contribution >= 0.6 is 11.3 Å². The van der Waals surface area contributed by atoms with Gasteiger partial charge in [-0.2, -0.15) is 0 Å². The quantitative estimate of drug-likeness (QED) is 0.699. The Morgan fingerprint density at radius 3 is 3.00 bits per heavy atom. The zero-order chi connectivity index (χ0) is 9.97. The molecule has 1 aromatic heterocycles. The van der Waals surface area contributed by atoms with Crippen LogP contribution in [0.1, 0.15) is 15.2 Å². The molecule has 1 atom stereocenters. The molecule has 0 bridgehead atoms. The summed E-state index contributed by atoms with van der Waals surface area (Å²) >= 11 is 1.58. The van der Waals surface area contributed by atoms with Gasteiger partial charge in [0.05, 0.1) is 19.8 Å². The van der Waals surface area contributed by atoms with Crippen LogP contribution in [-0.2, 0) is 9.47 Å². The van der Waals surface area contributed by atoms with E-state index in [1.54, 1.807) is 11.3 Å².